The predicted molar refractivity (Wildman–Crippen MR) is 37.1 cm³/mol. The van der Waals surface area contributed by atoms with E-state index in [2.05, 4.69) is 4.74 Å². The van der Waals surface area contributed by atoms with Crippen LogP contribution in [0.25, 0.3) is 0 Å². The maximum atomic E-state index is 11.7. The number of halogens is 3. The largest absolute Gasteiger partial charge is 0.471 e. The Morgan fingerprint density at radius 1 is 1.50 bits per heavy atom. The summed E-state index contributed by atoms with van der Waals surface area (Å²) in [5, 5.41) is 9.73. The van der Waals surface area contributed by atoms with Crippen LogP contribution < -0.4 is 5.32 Å². The van der Waals surface area contributed by atoms with Crippen molar-refractivity contribution >= 4 is 11.9 Å². The van der Waals surface area contributed by atoms with Gasteiger partial charge in [-0.3, -0.25) is 4.79 Å². The van der Waals surface area contributed by atoms with Gasteiger partial charge in [-0.25, -0.2) is 4.79 Å². The molecule has 0 heterocycles. The second kappa shape index (κ2) is 4.80. The Morgan fingerprint density at radius 3 is 2.29 bits per heavy atom. The number of hydrogen-bond donors (Lipinski definition) is 2. The van der Waals surface area contributed by atoms with Crippen LogP contribution in [0.1, 0.15) is 0 Å². The number of nitrogens with one attached hydrogen (secondary N) is 1. The van der Waals surface area contributed by atoms with Gasteiger partial charge in [0.1, 0.15) is 0 Å². The average molecular weight is 215 g/mol. The topological polar surface area (TPSA) is 75.6 Å². The van der Waals surface area contributed by atoms with E-state index >= 15 is 0 Å². The van der Waals surface area contributed by atoms with Crippen LogP contribution in [0.4, 0.5) is 13.2 Å². The first-order valence-electron chi connectivity index (χ1n) is 3.39. The van der Waals surface area contributed by atoms with Gasteiger partial charge in [0.25, 0.3) is 0 Å². The van der Waals surface area contributed by atoms with Gasteiger partial charge in [-0.05, 0) is 0 Å². The summed E-state index contributed by atoms with van der Waals surface area (Å²) in [7, 11) is 0.921. The minimum atomic E-state index is -5.10. The smallest absolute Gasteiger partial charge is 0.467 e. The third-order valence-electron chi connectivity index (χ3n) is 1.23. The summed E-state index contributed by atoms with van der Waals surface area (Å²) in [6.07, 6.45) is -5.10. The molecule has 0 aromatic rings. The normalized spacial score (nSPS) is 13.2. The van der Waals surface area contributed by atoms with Crippen LogP contribution in [0.15, 0.2) is 0 Å². The van der Waals surface area contributed by atoms with Crippen molar-refractivity contribution in [2.75, 3.05) is 13.7 Å². The lowest BCUT2D eigenvalue weighted by atomic mass is 10.3. The number of hydrogen-bond acceptors (Lipinski definition) is 4. The highest BCUT2D eigenvalue weighted by Crippen LogP contribution is 2.14. The van der Waals surface area contributed by atoms with Crippen molar-refractivity contribution in [3.8, 4) is 0 Å². The standard InChI is InChI=1S/C6H8F3NO4/c1-14-4(12)3(2-11)10-5(13)6(7,8)9/h3,11H,2H2,1H3,(H,10,13)/t3-/m1/s1. The van der Waals surface area contributed by atoms with Crippen LogP contribution in [0.5, 0.6) is 0 Å². The van der Waals surface area contributed by atoms with Gasteiger partial charge in [0, 0.05) is 0 Å². The summed E-state index contributed by atoms with van der Waals surface area (Å²) < 4.78 is 39.0. The summed E-state index contributed by atoms with van der Waals surface area (Å²) in [4.78, 5) is 20.9. The van der Waals surface area contributed by atoms with Crippen molar-refractivity contribution in [3.63, 3.8) is 0 Å². The number of aliphatic hydroxyl groups is 1. The van der Waals surface area contributed by atoms with Crippen molar-refractivity contribution in [1.82, 2.24) is 5.32 Å². The highest BCUT2D eigenvalue weighted by atomic mass is 19.4. The fourth-order valence-corrected chi connectivity index (χ4v) is 0.561. The number of alkyl halides is 3. The molecule has 0 spiro atoms. The number of amides is 1. The molecule has 0 bridgehead atoms. The zero-order valence-corrected chi connectivity index (χ0v) is 7.09. The molecule has 0 saturated carbocycles. The van der Waals surface area contributed by atoms with Crippen LogP contribution in [-0.2, 0) is 14.3 Å². The molecule has 0 aliphatic heterocycles. The van der Waals surface area contributed by atoms with E-state index in [-0.39, 0.29) is 0 Å². The van der Waals surface area contributed by atoms with E-state index < -0.39 is 30.7 Å². The van der Waals surface area contributed by atoms with Gasteiger partial charge in [0.2, 0.25) is 0 Å². The second-order valence-electron chi connectivity index (χ2n) is 2.23. The summed E-state index contributed by atoms with van der Waals surface area (Å²) >= 11 is 0. The van der Waals surface area contributed by atoms with Gasteiger partial charge in [0.05, 0.1) is 13.7 Å². The Balaban J connectivity index is 4.34. The van der Waals surface area contributed by atoms with Crippen LogP contribution in [0.3, 0.4) is 0 Å². The van der Waals surface area contributed by atoms with Gasteiger partial charge in [-0.1, -0.05) is 0 Å². The molecule has 0 saturated heterocycles. The Kier molecular flexibility index (Phi) is 4.35. The third kappa shape index (κ3) is 3.60. The van der Waals surface area contributed by atoms with E-state index in [4.69, 9.17) is 5.11 Å². The lowest BCUT2D eigenvalue weighted by molar-refractivity contribution is -0.176. The van der Waals surface area contributed by atoms with Crippen molar-refractivity contribution < 1.29 is 32.6 Å². The number of methoxy groups -OCH3 is 1. The van der Waals surface area contributed by atoms with E-state index in [9.17, 15) is 22.8 Å². The Labute approximate surface area is 76.8 Å². The maximum absolute atomic E-state index is 11.7. The lowest BCUT2D eigenvalue weighted by Gasteiger charge is -2.14. The molecule has 0 radical (unpaired) electrons. The first-order chi connectivity index (χ1) is 6.32. The van der Waals surface area contributed by atoms with Gasteiger partial charge in [0.15, 0.2) is 6.04 Å². The number of esters is 1. The van der Waals surface area contributed by atoms with Crippen LogP contribution in [0.2, 0.25) is 0 Å². The summed E-state index contributed by atoms with van der Waals surface area (Å²) in [6.45, 7) is -0.964. The molecule has 0 aliphatic rings. The fraction of sp³-hybridized carbons (Fsp3) is 0.667. The summed E-state index contributed by atoms with van der Waals surface area (Å²) in [6, 6.07) is -1.70. The van der Waals surface area contributed by atoms with Crippen molar-refractivity contribution in [2.24, 2.45) is 0 Å². The highest BCUT2D eigenvalue weighted by Gasteiger charge is 2.40. The van der Waals surface area contributed by atoms with Gasteiger partial charge in [-0.15, -0.1) is 0 Å². The van der Waals surface area contributed by atoms with Gasteiger partial charge < -0.3 is 15.2 Å². The number of aliphatic hydroxyl groups excluding tert-OH is 1. The van der Waals surface area contributed by atoms with Crippen molar-refractivity contribution in [3.05, 3.63) is 0 Å². The molecule has 0 aliphatic carbocycles. The van der Waals surface area contributed by atoms with E-state index in [1.807, 2.05) is 0 Å². The molecule has 82 valence electrons. The van der Waals surface area contributed by atoms with Crippen LogP contribution in [-0.4, -0.2) is 42.9 Å². The fourth-order valence-electron chi connectivity index (χ4n) is 0.561. The SMILES string of the molecule is COC(=O)[C@@H](CO)NC(=O)C(F)(F)F. The monoisotopic (exact) mass is 215 g/mol. The number of carbonyl (C=O) groups excluding carboxylic acids is 2. The molecule has 1 atom stereocenters. The predicted octanol–water partition coefficient (Wildman–Crippen LogP) is -0.801. The molecule has 0 aromatic heterocycles. The molecular formula is C6H8F3NO4. The molecule has 5 nitrogen and oxygen atoms in total. The number of carbonyl (C=O) groups is 2. The lowest BCUT2D eigenvalue weighted by Crippen LogP contribution is -2.49. The summed E-state index contributed by atoms with van der Waals surface area (Å²) in [5.74, 6) is -3.45. The molecular weight excluding hydrogens is 207 g/mol. The average Bonchev–Trinajstić information content (AvgIpc) is 2.10. The first-order valence-corrected chi connectivity index (χ1v) is 3.39. The van der Waals surface area contributed by atoms with Crippen molar-refractivity contribution in [1.29, 1.82) is 0 Å². The molecule has 1 amide bonds. The Hall–Kier alpha value is -1.31. The Bertz CT molecular complexity index is 228. The minimum Gasteiger partial charge on any atom is -0.467 e. The minimum absolute atomic E-state index is 0.921. The molecule has 8 heteroatoms. The number of ether oxygens (including phenoxy) is 1. The molecule has 2 N–H and O–H groups in total. The summed E-state index contributed by atoms with van der Waals surface area (Å²) in [5.41, 5.74) is 0. The van der Waals surface area contributed by atoms with Crippen LogP contribution in [0, 0.1) is 0 Å². The molecule has 0 rings (SSSR count). The third-order valence-corrected chi connectivity index (χ3v) is 1.23. The Morgan fingerprint density at radius 2 is 2.00 bits per heavy atom. The zero-order chi connectivity index (χ0) is 11.4. The molecule has 14 heavy (non-hydrogen) atoms. The van der Waals surface area contributed by atoms with Crippen molar-refractivity contribution in [2.45, 2.75) is 12.2 Å². The second-order valence-corrected chi connectivity index (χ2v) is 2.23. The van der Waals surface area contributed by atoms with Crippen LogP contribution >= 0.6 is 0 Å². The first kappa shape index (κ1) is 12.7. The quantitative estimate of drug-likeness (QED) is 0.604. The zero-order valence-electron chi connectivity index (χ0n) is 7.09. The highest BCUT2D eigenvalue weighted by molar-refractivity contribution is 5.87. The van der Waals surface area contributed by atoms with E-state index in [1.165, 1.54) is 5.32 Å². The van der Waals surface area contributed by atoms with E-state index in [0.717, 1.165) is 7.11 Å². The molecule has 0 aromatic carbocycles. The molecule has 0 unspecified atom stereocenters. The number of rotatable bonds is 3. The van der Waals surface area contributed by atoms with E-state index in [0.29, 0.717) is 0 Å². The maximum Gasteiger partial charge on any atom is 0.471 e. The van der Waals surface area contributed by atoms with E-state index in [1.54, 1.807) is 0 Å². The van der Waals surface area contributed by atoms with Gasteiger partial charge in [-0.2, -0.15) is 13.2 Å². The molecule has 0 fully saturated rings. The van der Waals surface area contributed by atoms with Gasteiger partial charge >= 0.3 is 18.1 Å².